The average Bonchev–Trinajstić information content (AvgIpc) is 2.38. The number of nitrogens with zero attached hydrogens (tertiary/aromatic N) is 1. The van der Waals surface area contributed by atoms with Crippen molar-refractivity contribution in [2.75, 3.05) is 11.1 Å². The molecule has 0 radical (unpaired) electrons. The van der Waals surface area contributed by atoms with Gasteiger partial charge < -0.3 is 11.1 Å². The molecule has 2 aromatic rings. The molecule has 0 atom stereocenters. The summed E-state index contributed by atoms with van der Waals surface area (Å²) in [6.45, 7) is 1.75. The molecular weight excluding hydrogens is 332 g/mol. The molecule has 1 aromatic carbocycles. The fourth-order valence-corrected chi connectivity index (χ4v) is 2.01. The SMILES string of the molecule is Cc1cc(Br)cnc1NC(=O)c1cc(F)c(N)c(F)c1. The monoisotopic (exact) mass is 341 g/mol. The van der Waals surface area contributed by atoms with E-state index < -0.39 is 23.2 Å². The fourth-order valence-electron chi connectivity index (χ4n) is 1.57. The van der Waals surface area contributed by atoms with Gasteiger partial charge in [-0.05, 0) is 46.6 Å². The molecule has 0 spiro atoms. The van der Waals surface area contributed by atoms with Gasteiger partial charge in [-0.1, -0.05) is 0 Å². The molecule has 1 amide bonds. The minimum Gasteiger partial charge on any atom is -0.394 e. The molecule has 0 bridgehead atoms. The lowest BCUT2D eigenvalue weighted by atomic mass is 10.1. The smallest absolute Gasteiger partial charge is 0.257 e. The molecule has 7 heteroatoms. The Morgan fingerprint density at radius 1 is 1.30 bits per heavy atom. The number of aromatic nitrogens is 1. The number of nitrogen functional groups attached to an aromatic ring is 1. The van der Waals surface area contributed by atoms with E-state index in [1.54, 1.807) is 13.0 Å². The van der Waals surface area contributed by atoms with Crippen LogP contribution < -0.4 is 11.1 Å². The molecule has 2 rings (SSSR count). The third-order valence-corrected chi connectivity index (χ3v) is 3.05. The van der Waals surface area contributed by atoms with Gasteiger partial charge in [-0.3, -0.25) is 4.79 Å². The van der Waals surface area contributed by atoms with Gasteiger partial charge in [0, 0.05) is 16.2 Å². The van der Waals surface area contributed by atoms with Crippen LogP contribution in [-0.2, 0) is 0 Å². The predicted octanol–water partition coefficient (Wildman–Crippen LogP) is 3.27. The summed E-state index contributed by atoms with van der Waals surface area (Å²) in [7, 11) is 0. The Kier molecular flexibility index (Phi) is 3.99. The van der Waals surface area contributed by atoms with Gasteiger partial charge in [-0.2, -0.15) is 0 Å². The maximum absolute atomic E-state index is 13.3. The van der Waals surface area contributed by atoms with E-state index in [1.165, 1.54) is 6.20 Å². The summed E-state index contributed by atoms with van der Waals surface area (Å²) >= 11 is 3.25. The summed E-state index contributed by atoms with van der Waals surface area (Å²) in [5.74, 6) is -2.30. The van der Waals surface area contributed by atoms with Crippen molar-refractivity contribution in [1.82, 2.24) is 4.98 Å². The Hall–Kier alpha value is -2.02. The first-order valence-corrected chi connectivity index (χ1v) is 6.36. The maximum Gasteiger partial charge on any atom is 0.257 e. The van der Waals surface area contributed by atoms with Crippen LogP contribution in [0, 0.1) is 18.6 Å². The number of aryl methyl sites for hydroxylation is 1. The Morgan fingerprint density at radius 3 is 2.45 bits per heavy atom. The van der Waals surface area contributed by atoms with Crippen molar-refractivity contribution in [1.29, 1.82) is 0 Å². The van der Waals surface area contributed by atoms with Crippen LogP contribution in [0.15, 0.2) is 28.9 Å². The molecular formula is C13H10BrF2N3O. The zero-order chi connectivity index (χ0) is 14.9. The number of amides is 1. The fraction of sp³-hybridized carbons (Fsp3) is 0.0769. The number of anilines is 2. The zero-order valence-corrected chi connectivity index (χ0v) is 12.0. The van der Waals surface area contributed by atoms with E-state index in [-0.39, 0.29) is 5.56 Å². The molecule has 104 valence electrons. The van der Waals surface area contributed by atoms with Crippen molar-refractivity contribution < 1.29 is 13.6 Å². The summed E-state index contributed by atoms with van der Waals surface area (Å²) in [6, 6.07) is 3.51. The van der Waals surface area contributed by atoms with E-state index in [4.69, 9.17) is 5.73 Å². The van der Waals surface area contributed by atoms with Gasteiger partial charge in [0.15, 0.2) is 0 Å². The molecule has 4 nitrogen and oxygen atoms in total. The van der Waals surface area contributed by atoms with Crippen LogP contribution in [0.1, 0.15) is 15.9 Å². The minimum absolute atomic E-state index is 0.168. The molecule has 0 aliphatic carbocycles. The summed E-state index contributed by atoms with van der Waals surface area (Å²) in [5, 5.41) is 2.48. The maximum atomic E-state index is 13.3. The van der Waals surface area contributed by atoms with E-state index in [0.29, 0.717) is 11.4 Å². The van der Waals surface area contributed by atoms with Gasteiger partial charge in [0.1, 0.15) is 23.1 Å². The van der Waals surface area contributed by atoms with Crippen LogP contribution in [0.3, 0.4) is 0 Å². The molecule has 0 aliphatic rings. The normalized spacial score (nSPS) is 10.4. The van der Waals surface area contributed by atoms with Gasteiger partial charge in [-0.15, -0.1) is 0 Å². The summed E-state index contributed by atoms with van der Waals surface area (Å²) in [4.78, 5) is 15.9. The summed E-state index contributed by atoms with van der Waals surface area (Å²) < 4.78 is 27.4. The Labute approximate surface area is 122 Å². The molecule has 0 unspecified atom stereocenters. The van der Waals surface area contributed by atoms with Gasteiger partial charge in [0.05, 0.1) is 0 Å². The first-order valence-electron chi connectivity index (χ1n) is 5.56. The Morgan fingerprint density at radius 2 is 1.90 bits per heavy atom. The minimum atomic E-state index is -0.976. The van der Waals surface area contributed by atoms with E-state index >= 15 is 0 Å². The zero-order valence-electron chi connectivity index (χ0n) is 10.4. The molecule has 0 fully saturated rings. The first-order chi connectivity index (χ1) is 9.38. The lowest BCUT2D eigenvalue weighted by molar-refractivity contribution is 0.102. The predicted molar refractivity (Wildman–Crippen MR) is 75.4 cm³/mol. The second-order valence-corrected chi connectivity index (χ2v) is 5.04. The molecule has 1 heterocycles. The number of halogens is 3. The van der Waals surface area contributed by atoms with Crippen LogP contribution >= 0.6 is 15.9 Å². The van der Waals surface area contributed by atoms with E-state index in [9.17, 15) is 13.6 Å². The van der Waals surface area contributed by atoms with Crippen molar-refractivity contribution in [2.24, 2.45) is 0 Å². The van der Waals surface area contributed by atoms with Crippen molar-refractivity contribution >= 4 is 33.3 Å². The highest BCUT2D eigenvalue weighted by Crippen LogP contribution is 2.20. The van der Waals surface area contributed by atoms with Crippen LogP contribution in [-0.4, -0.2) is 10.9 Å². The third kappa shape index (κ3) is 2.93. The molecule has 0 saturated heterocycles. The summed E-state index contributed by atoms with van der Waals surface area (Å²) in [6.07, 6.45) is 1.51. The highest BCUT2D eigenvalue weighted by atomic mass is 79.9. The standard InChI is InChI=1S/C13H10BrF2N3O/c1-6-2-8(14)5-18-12(6)19-13(20)7-3-9(15)11(17)10(16)4-7/h2-5H,17H2,1H3,(H,18,19,20). The average molecular weight is 342 g/mol. The first kappa shape index (κ1) is 14.4. The number of pyridine rings is 1. The number of nitrogens with one attached hydrogen (secondary N) is 1. The lowest BCUT2D eigenvalue weighted by Gasteiger charge is -2.08. The Balaban J connectivity index is 2.28. The van der Waals surface area contributed by atoms with Crippen LogP contribution in [0.25, 0.3) is 0 Å². The van der Waals surface area contributed by atoms with Crippen molar-refractivity contribution in [2.45, 2.75) is 6.92 Å². The second-order valence-electron chi connectivity index (χ2n) is 4.13. The highest BCUT2D eigenvalue weighted by molar-refractivity contribution is 9.10. The molecule has 20 heavy (non-hydrogen) atoms. The number of hydrogen-bond acceptors (Lipinski definition) is 3. The molecule has 0 saturated carbocycles. The molecule has 1 aromatic heterocycles. The topological polar surface area (TPSA) is 68.0 Å². The molecule has 0 aliphatic heterocycles. The van der Waals surface area contributed by atoms with E-state index in [0.717, 1.165) is 16.6 Å². The van der Waals surface area contributed by atoms with Gasteiger partial charge >= 0.3 is 0 Å². The number of nitrogens with two attached hydrogens (primary N) is 1. The number of hydrogen-bond donors (Lipinski definition) is 2. The van der Waals surface area contributed by atoms with Gasteiger partial charge in [0.2, 0.25) is 0 Å². The summed E-state index contributed by atoms with van der Waals surface area (Å²) in [5.41, 5.74) is 5.08. The van der Waals surface area contributed by atoms with E-state index in [1.807, 2.05) is 0 Å². The van der Waals surface area contributed by atoms with Crippen molar-refractivity contribution in [3.63, 3.8) is 0 Å². The second kappa shape index (κ2) is 5.54. The van der Waals surface area contributed by atoms with Gasteiger partial charge in [0.25, 0.3) is 5.91 Å². The largest absolute Gasteiger partial charge is 0.394 e. The van der Waals surface area contributed by atoms with Crippen LogP contribution in [0.4, 0.5) is 20.3 Å². The van der Waals surface area contributed by atoms with Crippen LogP contribution in [0.2, 0.25) is 0 Å². The third-order valence-electron chi connectivity index (χ3n) is 2.62. The highest BCUT2D eigenvalue weighted by Gasteiger charge is 2.14. The lowest BCUT2D eigenvalue weighted by Crippen LogP contribution is -2.15. The number of carbonyl (C=O) groups is 1. The molecule has 3 N–H and O–H groups in total. The van der Waals surface area contributed by atoms with Gasteiger partial charge in [-0.25, -0.2) is 13.8 Å². The van der Waals surface area contributed by atoms with Crippen LogP contribution in [0.5, 0.6) is 0 Å². The number of carbonyl (C=O) groups excluding carboxylic acids is 1. The Bertz CT molecular complexity index is 668. The number of rotatable bonds is 2. The number of benzene rings is 1. The van der Waals surface area contributed by atoms with Crippen molar-refractivity contribution in [3.8, 4) is 0 Å². The van der Waals surface area contributed by atoms with Crippen molar-refractivity contribution in [3.05, 3.63) is 51.6 Å². The quantitative estimate of drug-likeness (QED) is 0.823. The van der Waals surface area contributed by atoms with E-state index in [2.05, 4.69) is 26.2 Å².